The monoisotopic (exact) mass is 413 g/mol. The average molecular weight is 414 g/mol. The van der Waals surface area contributed by atoms with E-state index in [-0.39, 0.29) is 5.91 Å². The molecule has 2 fully saturated rings. The number of carbonyl (C=O) groups excluding carboxylic acids is 1. The van der Waals surface area contributed by atoms with Gasteiger partial charge in [-0.2, -0.15) is 5.10 Å². The summed E-state index contributed by atoms with van der Waals surface area (Å²) in [5.74, 6) is -0.00353. The molecule has 0 atom stereocenters. The molecule has 0 bridgehead atoms. The molecule has 0 unspecified atom stereocenters. The molecule has 2 aromatic rings. The first-order chi connectivity index (χ1) is 14.6. The smallest absolute Gasteiger partial charge is 0.226 e. The number of hydrogen-bond donors (Lipinski definition) is 1. The fourth-order valence-electron chi connectivity index (χ4n) is 4.03. The van der Waals surface area contributed by atoms with Crippen LogP contribution in [-0.4, -0.2) is 68.3 Å². The van der Waals surface area contributed by atoms with Gasteiger partial charge in [0.1, 0.15) is 0 Å². The number of amides is 1. The van der Waals surface area contributed by atoms with Crippen LogP contribution in [0.4, 0.5) is 17.1 Å². The third-order valence-corrected chi connectivity index (χ3v) is 5.64. The van der Waals surface area contributed by atoms with Gasteiger partial charge in [-0.3, -0.25) is 9.48 Å². The molecule has 1 aromatic heterocycles. The summed E-state index contributed by atoms with van der Waals surface area (Å²) >= 11 is 0. The van der Waals surface area contributed by atoms with Crippen molar-refractivity contribution in [1.82, 2.24) is 9.78 Å². The summed E-state index contributed by atoms with van der Waals surface area (Å²) in [5.41, 5.74) is 5.12. The molecule has 1 aromatic carbocycles. The van der Waals surface area contributed by atoms with Gasteiger partial charge in [0.2, 0.25) is 5.91 Å². The zero-order chi connectivity index (χ0) is 20.9. The highest BCUT2D eigenvalue weighted by Gasteiger charge is 2.19. The quantitative estimate of drug-likeness (QED) is 0.783. The summed E-state index contributed by atoms with van der Waals surface area (Å²) in [7, 11) is 0. The Morgan fingerprint density at radius 1 is 1.00 bits per heavy atom. The zero-order valence-corrected chi connectivity index (χ0v) is 17.9. The van der Waals surface area contributed by atoms with Crippen molar-refractivity contribution in [3.8, 4) is 0 Å². The van der Waals surface area contributed by atoms with Gasteiger partial charge in [0, 0.05) is 50.5 Å². The van der Waals surface area contributed by atoms with Crippen LogP contribution in [-0.2, 0) is 20.8 Å². The lowest BCUT2D eigenvalue weighted by Crippen LogP contribution is -2.38. The Bertz CT molecular complexity index is 870. The number of rotatable bonds is 6. The number of carbonyl (C=O) groups is 1. The second-order valence-electron chi connectivity index (χ2n) is 7.85. The number of ether oxygens (including phenoxy) is 2. The highest BCUT2D eigenvalue weighted by molar-refractivity contribution is 5.95. The molecule has 0 radical (unpaired) electrons. The Labute approximate surface area is 177 Å². The van der Waals surface area contributed by atoms with Gasteiger partial charge in [-0.05, 0) is 38.1 Å². The molecule has 2 aliphatic rings. The van der Waals surface area contributed by atoms with Crippen LogP contribution in [0.5, 0.6) is 0 Å². The molecule has 8 nitrogen and oxygen atoms in total. The lowest BCUT2D eigenvalue weighted by atomic mass is 10.1. The summed E-state index contributed by atoms with van der Waals surface area (Å²) in [6.45, 7) is 10.9. The third-order valence-electron chi connectivity index (χ3n) is 5.64. The van der Waals surface area contributed by atoms with E-state index in [2.05, 4.69) is 32.3 Å². The van der Waals surface area contributed by atoms with E-state index in [1.54, 1.807) is 0 Å². The van der Waals surface area contributed by atoms with Crippen LogP contribution in [0.3, 0.4) is 0 Å². The molecular formula is C22H31N5O3. The van der Waals surface area contributed by atoms with E-state index >= 15 is 0 Å². The van der Waals surface area contributed by atoms with Gasteiger partial charge in [0.05, 0.1) is 43.5 Å². The van der Waals surface area contributed by atoms with Crippen molar-refractivity contribution in [3.05, 3.63) is 35.7 Å². The largest absolute Gasteiger partial charge is 0.378 e. The molecule has 1 N–H and O–H groups in total. The normalized spacial score (nSPS) is 17.3. The number of benzene rings is 1. The first-order valence-corrected chi connectivity index (χ1v) is 10.7. The van der Waals surface area contributed by atoms with Crippen LogP contribution in [0.1, 0.15) is 17.8 Å². The van der Waals surface area contributed by atoms with Gasteiger partial charge in [-0.25, -0.2) is 0 Å². The Morgan fingerprint density at radius 2 is 1.67 bits per heavy atom. The number of hydrogen-bond acceptors (Lipinski definition) is 6. The Morgan fingerprint density at radius 3 is 2.30 bits per heavy atom. The number of nitrogens with zero attached hydrogens (tertiary/aromatic N) is 4. The van der Waals surface area contributed by atoms with E-state index in [0.717, 1.165) is 62.2 Å². The first-order valence-electron chi connectivity index (χ1n) is 10.7. The predicted molar refractivity (Wildman–Crippen MR) is 117 cm³/mol. The summed E-state index contributed by atoms with van der Waals surface area (Å²) < 4.78 is 12.9. The molecule has 0 spiro atoms. The van der Waals surface area contributed by atoms with Crippen LogP contribution in [0.2, 0.25) is 0 Å². The van der Waals surface area contributed by atoms with Crippen molar-refractivity contribution >= 4 is 23.0 Å². The molecule has 162 valence electrons. The van der Waals surface area contributed by atoms with Gasteiger partial charge in [0.15, 0.2) is 0 Å². The Hall–Kier alpha value is -2.58. The summed E-state index contributed by atoms with van der Waals surface area (Å²) in [5, 5.41) is 7.57. The number of aromatic nitrogens is 2. The molecule has 3 heterocycles. The van der Waals surface area contributed by atoms with Crippen molar-refractivity contribution in [2.75, 3.05) is 67.7 Å². The molecule has 0 aliphatic carbocycles. The standard InChI is InChI=1S/C22H31N5O3/c1-17-15-18(2)27(24-17)6-5-22(28)23-20-4-3-19(25-7-11-29-12-8-25)16-21(20)26-9-13-30-14-10-26/h3-4,15-16H,5-14H2,1-2H3,(H,23,28). The fraction of sp³-hybridized carbons (Fsp3) is 0.545. The van der Waals surface area contributed by atoms with Crippen molar-refractivity contribution in [1.29, 1.82) is 0 Å². The maximum absolute atomic E-state index is 12.7. The van der Waals surface area contributed by atoms with E-state index in [1.165, 1.54) is 5.69 Å². The molecule has 2 saturated heterocycles. The fourth-order valence-corrected chi connectivity index (χ4v) is 4.03. The summed E-state index contributed by atoms with van der Waals surface area (Å²) in [6, 6.07) is 8.33. The van der Waals surface area contributed by atoms with Gasteiger partial charge >= 0.3 is 0 Å². The highest BCUT2D eigenvalue weighted by Crippen LogP contribution is 2.32. The molecule has 0 saturated carbocycles. The van der Waals surface area contributed by atoms with Gasteiger partial charge < -0.3 is 24.6 Å². The van der Waals surface area contributed by atoms with Crippen LogP contribution < -0.4 is 15.1 Å². The topological polar surface area (TPSA) is 71.9 Å². The summed E-state index contributed by atoms with van der Waals surface area (Å²) in [6.07, 6.45) is 0.385. The Balaban J connectivity index is 1.48. The Kier molecular flexibility index (Phi) is 6.54. The lowest BCUT2D eigenvalue weighted by Gasteiger charge is -2.33. The SMILES string of the molecule is Cc1cc(C)n(CCC(=O)Nc2ccc(N3CCOCC3)cc2N2CCOCC2)n1. The van der Waals surface area contributed by atoms with Gasteiger partial charge in [-0.1, -0.05) is 0 Å². The minimum absolute atomic E-state index is 0.00353. The van der Waals surface area contributed by atoms with Crippen molar-refractivity contribution in [2.24, 2.45) is 0 Å². The number of aryl methyl sites for hydroxylation is 3. The summed E-state index contributed by atoms with van der Waals surface area (Å²) in [4.78, 5) is 17.3. The van der Waals surface area contributed by atoms with Gasteiger partial charge in [0.25, 0.3) is 0 Å². The molecule has 2 aliphatic heterocycles. The van der Waals surface area contributed by atoms with E-state index in [4.69, 9.17) is 9.47 Å². The number of anilines is 3. The minimum Gasteiger partial charge on any atom is -0.378 e. The molecular weight excluding hydrogens is 382 g/mol. The van der Waals surface area contributed by atoms with Crippen LogP contribution >= 0.6 is 0 Å². The second kappa shape index (κ2) is 9.49. The minimum atomic E-state index is -0.00353. The number of morpholine rings is 2. The van der Waals surface area contributed by atoms with E-state index in [0.29, 0.717) is 26.2 Å². The van der Waals surface area contributed by atoms with Crippen molar-refractivity contribution < 1.29 is 14.3 Å². The predicted octanol–water partition coefficient (Wildman–Crippen LogP) is 2.20. The van der Waals surface area contributed by atoms with E-state index in [9.17, 15) is 4.79 Å². The second-order valence-corrected chi connectivity index (χ2v) is 7.85. The van der Waals surface area contributed by atoms with Crippen molar-refractivity contribution in [3.63, 3.8) is 0 Å². The highest BCUT2D eigenvalue weighted by atomic mass is 16.5. The maximum Gasteiger partial charge on any atom is 0.226 e. The van der Waals surface area contributed by atoms with Crippen LogP contribution in [0, 0.1) is 13.8 Å². The lowest BCUT2D eigenvalue weighted by molar-refractivity contribution is -0.116. The molecule has 8 heteroatoms. The van der Waals surface area contributed by atoms with Crippen LogP contribution in [0.15, 0.2) is 24.3 Å². The average Bonchev–Trinajstić information content (AvgIpc) is 3.10. The maximum atomic E-state index is 12.7. The van der Waals surface area contributed by atoms with Gasteiger partial charge in [-0.15, -0.1) is 0 Å². The molecule has 1 amide bonds. The van der Waals surface area contributed by atoms with E-state index in [1.807, 2.05) is 30.7 Å². The van der Waals surface area contributed by atoms with Crippen molar-refractivity contribution in [2.45, 2.75) is 26.8 Å². The van der Waals surface area contributed by atoms with E-state index < -0.39 is 0 Å². The number of nitrogens with one attached hydrogen (secondary N) is 1. The third kappa shape index (κ3) is 4.94. The molecule has 4 rings (SSSR count). The zero-order valence-electron chi connectivity index (χ0n) is 17.9. The molecule has 30 heavy (non-hydrogen) atoms. The van der Waals surface area contributed by atoms with Crippen LogP contribution in [0.25, 0.3) is 0 Å². The first kappa shape index (κ1) is 20.7.